The van der Waals surface area contributed by atoms with Gasteiger partial charge in [0.1, 0.15) is 61.0 Å². The zero-order valence-corrected chi connectivity index (χ0v) is 42.6. The Kier molecular flexibility index (Phi) is 23.8. The predicted molar refractivity (Wildman–Crippen MR) is 248 cm³/mol. The summed E-state index contributed by atoms with van der Waals surface area (Å²) < 4.78 is 83.2. The van der Waals surface area contributed by atoms with Crippen LogP contribution in [0.25, 0.3) is 0 Å². The SMILES string of the molecule is CC[C@H](OC)[C@@H](C)[C@@H]1O[C@H]1[C@H](O)[C@@H](C)/C=C/C=C(\C)[C@H]1O[C@H](OC)[C@@H](OC)[C@@H](OCCC[C@H](OC)[C@@H](C)[C@@H]2O[C@H]2[C@H](O)[C@@H](C)/C=C/C=C(\C)[C@H]2O[C@H](OC)[C@H](OC)[C@@H](OC)[C@H]2OC)[C@@H]1OC. The number of methoxy groups -OCH3 is 9. The van der Waals surface area contributed by atoms with Crippen LogP contribution in [-0.2, 0) is 66.3 Å². The highest BCUT2D eigenvalue weighted by molar-refractivity contribution is 5.21. The summed E-state index contributed by atoms with van der Waals surface area (Å²) in [6, 6.07) is 0. The van der Waals surface area contributed by atoms with Crippen molar-refractivity contribution in [2.45, 2.75) is 178 Å². The number of hydrogen-bond acceptors (Lipinski definition) is 16. The van der Waals surface area contributed by atoms with Gasteiger partial charge in [-0.2, -0.15) is 0 Å². The van der Waals surface area contributed by atoms with E-state index in [2.05, 4.69) is 20.8 Å². The molecule has 16 heteroatoms. The highest BCUT2D eigenvalue weighted by Crippen LogP contribution is 2.40. The number of aliphatic hydroxyl groups excluding tert-OH is 2. The van der Waals surface area contributed by atoms with Crippen LogP contribution in [0.5, 0.6) is 0 Å². The van der Waals surface area contributed by atoms with Crippen molar-refractivity contribution in [3.8, 4) is 0 Å². The quantitative estimate of drug-likeness (QED) is 0.0567. The molecule has 0 saturated carbocycles. The summed E-state index contributed by atoms with van der Waals surface area (Å²) in [5, 5.41) is 22.4. The molecule has 0 aromatic heterocycles. The molecule has 66 heavy (non-hydrogen) atoms. The molecule has 0 amide bonds. The molecule has 0 spiro atoms. The Morgan fingerprint density at radius 2 is 0.924 bits per heavy atom. The van der Waals surface area contributed by atoms with Crippen LogP contribution in [0.15, 0.2) is 47.6 Å². The molecular formula is C50H86O16. The average Bonchev–Trinajstić information content (AvgIpc) is 4.28. The van der Waals surface area contributed by atoms with E-state index in [0.717, 1.165) is 17.6 Å². The van der Waals surface area contributed by atoms with Crippen LogP contribution in [0.4, 0.5) is 0 Å². The summed E-state index contributed by atoms with van der Waals surface area (Å²) in [5.41, 5.74) is 1.83. The van der Waals surface area contributed by atoms with Gasteiger partial charge in [0.15, 0.2) is 12.6 Å². The highest BCUT2D eigenvalue weighted by Gasteiger charge is 2.53. The number of hydrogen-bond donors (Lipinski definition) is 2. The molecule has 0 bridgehead atoms. The second-order valence-corrected chi connectivity index (χ2v) is 18.4. The maximum absolute atomic E-state index is 11.3. The Hall–Kier alpha value is -1.68. The van der Waals surface area contributed by atoms with Gasteiger partial charge in [0.25, 0.3) is 0 Å². The molecule has 4 aliphatic rings. The van der Waals surface area contributed by atoms with Crippen molar-refractivity contribution in [1.82, 2.24) is 0 Å². The van der Waals surface area contributed by atoms with Crippen molar-refractivity contribution in [1.29, 1.82) is 0 Å². The lowest BCUT2D eigenvalue weighted by atomic mass is 9.90. The second kappa shape index (κ2) is 27.6. The van der Waals surface area contributed by atoms with Gasteiger partial charge in [-0.3, -0.25) is 0 Å². The van der Waals surface area contributed by atoms with E-state index in [-0.39, 0.29) is 60.3 Å². The Bertz CT molecular complexity index is 1520. The zero-order chi connectivity index (χ0) is 48.8. The monoisotopic (exact) mass is 943 g/mol. The van der Waals surface area contributed by atoms with E-state index in [0.29, 0.717) is 19.4 Å². The molecule has 0 radical (unpaired) electrons. The summed E-state index contributed by atoms with van der Waals surface area (Å²) in [5.74, 6) is -0.0922. The average molecular weight is 943 g/mol. The third kappa shape index (κ3) is 14.0. The van der Waals surface area contributed by atoms with E-state index in [9.17, 15) is 10.2 Å². The number of aliphatic hydroxyl groups is 2. The second-order valence-electron chi connectivity index (χ2n) is 18.4. The van der Waals surface area contributed by atoms with Crippen molar-refractivity contribution < 1.29 is 76.5 Å². The third-order valence-corrected chi connectivity index (χ3v) is 14.3. The summed E-state index contributed by atoms with van der Waals surface area (Å²) >= 11 is 0. The minimum atomic E-state index is -0.705. The molecule has 16 nitrogen and oxygen atoms in total. The van der Waals surface area contributed by atoms with E-state index in [1.807, 2.05) is 64.2 Å². The summed E-state index contributed by atoms with van der Waals surface area (Å²) in [4.78, 5) is 0. The van der Waals surface area contributed by atoms with Gasteiger partial charge in [0.05, 0.1) is 36.6 Å². The van der Waals surface area contributed by atoms with Gasteiger partial charge >= 0.3 is 0 Å². The summed E-state index contributed by atoms with van der Waals surface area (Å²) in [6.45, 7) is 14.6. The fourth-order valence-electron chi connectivity index (χ4n) is 9.93. The van der Waals surface area contributed by atoms with Gasteiger partial charge in [-0.15, -0.1) is 0 Å². The molecule has 4 saturated heterocycles. The van der Waals surface area contributed by atoms with Gasteiger partial charge < -0.3 is 76.5 Å². The lowest BCUT2D eigenvalue weighted by molar-refractivity contribution is -0.298. The minimum Gasteiger partial charge on any atom is -0.390 e. The zero-order valence-electron chi connectivity index (χ0n) is 42.6. The van der Waals surface area contributed by atoms with Crippen LogP contribution in [-0.4, -0.2) is 191 Å². The molecule has 0 aromatic carbocycles. The number of epoxide rings is 2. The number of ether oxygens (including phenoxy) is 14. The van der Waals surface area contributed by atoms with Crippen LogP contribution < -0.4 is 0 Å². The van der Waals surface area contributed by atoms with E-state index in [4.69, 9.17) is 66.3 Å². The van der Waals surface area contributed by atoms with Gasteiger partial charge in [-0.1, -0.05) is 71.1 Å². The normalized spacial score (nSPS) is 36.8. The molecule has 4 fully saturated rings. The Morgan fingerprint density at radius 1 is 0.515 bits per heavy atom. The third-order valence-electron chi connectivity index (χ3n) is 14.3. The largest absolute Gasteiger partial charge is 0.390 e. The van der Waals surface area contributed by atoms with Crippen LogP contribution in [0.3, 0.4) is 0 Å². The van der Waals surface area contributed by atoms with Crippen molar-refractivity contribution in [2.75, 3.05) is 70.6 Å². The molecule has 382 valence electrons. The van der Waals surface area contributed by atoms with Gasteiger partial charge in [0, 0.05) is 94.3 Å². The van der Waals surface area contributed by atoms with E-state index >= 15 is 0 Å². The lowest BCUT2D eigenvalue weighted by Gasteiger charge is -2.45. The van der Waals surface area contributed by atoms with Crippen molar-refractivity contribution >= 4 is 0 Å². The molecular weight excluding hydrogens is 857 g/mol. The van der Waals surface area contributed by atoms with Gasteiger partial charge in [0.2, 0.25) is 0 Å². The predicted octanol–water partition coefficient (Wildman–Crippen LogP) is 5.22. The van der Waals surface area contributed by atoms with E-state index in [1.54, 1.807) is 64.0 Å². The maximum Gasteiger partial charge on any atom is 0.186 e. The number of rotatable bonds is 29. The molecule has 0 aliphatic carbocycles. The van der Waals surface area contributed by atoms with Crippen LogP contribution >= 0.6 is 0 Å². The van der Waals surface area contributed by atoms with Crippen LogP contribution in [0, 0.1) is 23.7 Å². The van der Waals surface area contributed by atoms with Crippen molar-refractivity contribution in [3.63, 3.8) is 0 Å². The first-order valence-electron chi connectivity index (χ1n) is 23.7. The van der Waals surface area contributed by atoms with Crippen molar-refractivity contribution in [3.05, 3.63) is 47.6 Å². The van der Waals surface area contributed by atoms with E-state index in [1.165, 1.54) is 0 Å². The molecule has 0 unspecified atom stereocenters. The molecule has 4 aliphatic heterocycles. The Balaban J connectivity index is 1.29. The first-order chi connectivity index (χ1) is 31.7. The standard InChI is InChI=1S/C50H86O16/c1-17-33(53-8)31(6)39-41(63-39)35(51)27(2)22-19-24-30(5)38-44(56-11)46(48(59-14)50(61-16)66-38)62-26-20-25-34(54-9)32(7)40-42(64-40)36(52)28(3)21-18-23-29(4)37-43(55-10)45(57-12)47(58-13)49(60-15)65-37/h18-19,21-24,27-28,31-52H,17,20,25-26H2,1-16H3/b21-18+,22-19+,29-23+,30-24+/t27-,28-,31+,32+,33-,34-,35+,36+,37+,38+,39-,40-,41-,42-,43-,44+,45-,46-,47+,48-,49-,50-/m0/s1. The molecule has 4 rings (SSSR count). The minimum absolute atomic E-state index is 0.0203. The fraction of sp³-hybridized carbons (Fsp3) is 0.840. The molecule has 22 atom stereocenters. The maximum atomic E-state index is 11.3. The Labute approximate surface area is 395 Å². The van der Waals surface area contributed by atoms with Gasteiger partial charge in [-0.05, 0) is 44.3 Å². The lowest BCUT2D eigenvalue weighted by Crippen LogP contribution is -2.60. The van der Waals surface area contributed by atoms with Crippen LogP contribution in [0.1, 0.15) is 67.7 Å². The molecule has 2 N–H and O–H groups in total. The van der Waals surface area contributed by atoms with Crippen LogP contribution in [0.2, 0.25) is 0 Å². The highest BCUT2D eigenvalue weighted by atomic mass is 16.7. The smallest absolute Gasteiger partial charge is 0.186 e. The first-order valence-corrected chi connectivity index (χ1v) is 23.7. The molecule has 4 heterocycles. The van der Waals surface area contributed by atoms with Gasteiger partial charge in [-0.25, -0.2) is 0 Å². The topological polar surface area (TPSA) is 176 Å². The fourth-order valence-corrected chi connectivity index (χ4v) is 9.93. The Morgan fingerprint density at radius 3 is 1.32 bits per heavy atom. The number of allylic oxidation sites excluding steroid dienone is 4. The first kappa shape index (κ1) is 56.9. The van der Waals surface area contributed by atoms with E-state index < -0.39 is 73.6 Å². The molecule has 0 aromatic rings. The summed E-state index contributed by atoms with van der Waals surface area (Å²) in [6.07, 6.45) is 6.98. The summed E-state index contributed by atoms with van der Waals surface area (Å²) in [7, 11) is 14.7. The van der Waals surface area contributed by atoms with Crippen molar-refractivity contribution in [2.24, 2.45) is 23.7 Å².